The van der Waals surface area contributed by atoms with Gasteiger partial charge in [0, 0.05) is 6.20 Å². The summed E-state index contributed by atoms with van der Waals surface area (Å²) >= 11 is 0. The van der Waals surface area contributed by atoms with Crippen molar-refractivity contribution in [3.63, 3.8) is 0 Å². The van der Waals surface area contributed by atoms with Gasteiger partial charge in [0.15, 0.2) is 5.65 Å². The molecule has 0 N–H and O–H groups in total. The van der Waals surface area contributed by atoms with Gasteiger partial charge in [0.2, 0.25) is 0 Å². The number of nitrogens with zero attached hydrogens (tertiary/aromatic N) is 3. The highest BCUT2D eigenvalue weighted by atomic mass is 15.2. The lowest BCUT2D eigenvalue weighted by molar-refractivity contribution is 0.737. The van der Waals surface area contributed by atoms with E-state index in [4.69, 9.17) is 0 Å². The van der Waals surface area contributed by atoms with Gasteiger partial charge in [-0.15, -0.1) is 10.2 Å². The molecule has 15 heavy (non-hydrogen) atoms. The van der Waals surface area contributed by atoms with Crippen LogP contribution in [-0.2, 0) is 0 Å². The standard InChI is InChI=1S/C6H5N3.C4H10.C2H6/c1-2-4-9-5-7-8-6(9)3-1;1-4(2)3;1-2/h1-5H;4H,1-3H3;1-2H3. The maximum absolute atomic E-state index is 3.83. The minimum Gasteiger partial charge on any atom is -0.289 e. The Balaban J connectivity index is 0.000000282. The molecular weight excluding hydrogens is 186 g/mol. The van der Waals surface area contributed by atoms with Gasteiger partial charge in [-0.25, -0.2) is 0 Å². The van der Waals surface area contributed by atoms with Gasteiger partial charge in [-0.2, -0.15) is 0 Å². The van der Waals surface area contributed by atoms with E-state index in [0.29, 0.717) is 0 Å². The third-order valence-corrected chi connectivity index (χ3v) is 1.20. The van der Waals surface area contributed by atoms with Crippen LogP contribution in [0.5, 0.6) is 0 Å². The maximum Gasteiger partial charge on any atom is 0.160 e. The highest BCUT2D eigenvalue weighted by Gasteiger charge is 1.87. The van der Waals surface area contributed by atoms with Gasteiger partial charge < -0.3 is 0 Å². The van der Waals surface area contributed by atoms with Crippen LogP contribution in [0.25, 0.3) is 5.65 Å². The van der Waals surface area contributed by atoms with Crippen molar-refractivity contribution in [2.24, 2.45) is 5.92 Å². The SMILES string of the molecule is CC.CC(C)C.c1ccn2cnnc2c1. The van der Waals surface area contributed by atoms with Crippen molar-refractivity contribution < 1.29 is 0 Å². The maximum atomic E-state index is 3.83. The van der Waals surface area contributed by atoms with Crippen molar-refractivity contribution in [1.82, 2.24) is 14.6 Å². The zero-order valence-electron chi connectivity index (χ0n) is 10.3. The van der Waals surface area contributed by atoms with E-state index in [0.717, 1.165) is 11.6 Å². The van der Waals surface area contributed by atoms with E-state index in [1.807, 2.05) is 42.6 Å². The van der Waals surface area contributed by atoms with Crippen LogP contribution < -0.4 is 0 Å². The van der Waals surface area contributed by atoms with Crippen LogP contribution in [0, 0.1) is 5.92 Å². The van der Waals surface area contributed by atoms with E-state index in [1.54, 1.807) is 6.33 Å². The lowest BCUT2D eigenvalue weighted by atomic mass is 10.3. The predicted octanol–water partition coefficient (Wildman–Crippen LogP) is 3.42. The third-order valence-electron chi connectivity index (χ3n) is 1.20. The molecule has 2 heterocycles. The molecule has 2 rings (SSSR count). The minimum atomic E-state index is 0.833. The summed E-state index contributed by atoms with van der Waals surface area (Å²) in [5.74, 6) is 0.833. The number of fused-ring (bicyclic) bond motifs is 1. The molecule has 0 atom stereocenters. The van der Waals surface area contributed by atoms with Gasteiger partial charge in [-0.1, -0.05) is 40.7 Å². The van der Waals surface area contributed by atoms with E-state index in [-0.39, 0.29) is 0 Å². The van der Waals surface area contributed by atoms with E-state index < -0.39 is 0 Å². The van der Waals surface area contributed by atoms with Crippen LogP contribution in [0.15, 0.2) is 30.7 Å². The zero-order chi connectivity index (χ0) is 11.7. The van der Waals surface area contributed by atoms with Gasteiger partial charge in [-0.3, -0.25) is 4.40 Å². The first kappa shape index (κ1) is 13.6. The van der Waals surface area contributed by atoms with Crippen molar-refractivity contribution in [2.45, 2.75) is 34.6 Å². The average Bonchev–Trinajstić information content (AvgIpc) is 2.67. The molecule has 0 aliphatic rings. The van der Waals surface area contributed by atoms with Crippen LogP contribution in [0.3, 0.4) is 0 Å². The van der Waals surface area contributed by atoms with E-state index in [1.165, 1.54) is 0 Å². The van der Waals surface area contributed by atoms with Crippen LogP contribution in [0.1, 0.15) is 34.6 Å². The molecule has 0 unspecified atom stereocenters. The van der Waals surface area contributed by atoms with Crippen molar-refractivity contribution >= 4 is 5.65 Å². The summed E-state index contributed by atoms with van der Waals surface area (Å²) in [6.07, 6.45) is 3.59. The Bertz CT molecular complexity index is 319. The van der Waals surface area contributed by atoms with E-state index >= 15 is 0 Å². The Labute approximate surface area is 92.2 Å². The Morgan fingerprint density at radius 1 is 1.13 bits per heavy atom. The Kier molecular flexibility index (Phi) is 7.24. The Morgan fingerprint density at radius 2 is 1.73 bits per heavy atom. The van der Waals surface area contributed by atoms with E-state index in [9.17, 15) is 0 Å². The summed E-state index contributed by atoms with van der Waals surface area (Å²) in [4.78, 5) is 0. The summed E-state index contributed by atoms with van der Waals surface area (Å²) < 4.78 is 1.86. The molecular formula is C12H21N3. The van der Waals surface area contributed by atoms with Crippen molar-refractivity contribution in [1.29, 1.82) is 0 Å². The number of pyridine rings is 1. The van der Waals surface area contributed by atoms with Gasteiger partial charge in [0.25, 0.3) is 0 Å². The highest BCUT2D eigenvalue weighted by Crippen LogP contribution is 1.94. The van der Waals surface area contributed by atoms with Crippen molar-refractivity contribution in [3.8, 4) is 0 Å². The fourth-order valence-corrected chi connectivity index (χ4v) is 0.770. The summed E-state index contributed by atoms with van der Waals surface area (Å²) in [6.45, 7) is 10.5. The monoisotopic (exact) mass is 207 g/mol. The molecule has 0 fully saturated rings. The Morgan fingerprint density at radius 3 is 2.27 bits per heavy atom. The molecule has 3 nitrogen and oxygen atoms in total. The highest BCUT2D eigenvalue weighted by molar-refractivity contribution is 5.34. The molecule has 0 bridgehead atoms. The summed E-state index contributed by atoms with van der Waals surface area (Å²) in [5.41, 5.74) is 0.887. The number of hydrogen-bond donors (Lipinski definition) is 0. The molecule has 0 amide bonds. The largest absolute Gasteiger partial charge is 0.289 e. The van der Waals surface area contributed by atoms with Crippen LogP contribution >= 0.6 is 0 Å². The van der Waals surface area contributed by atoms with Gasteiger partial charge in [0.05, 0.1) is 0 Å². The first-order chi connectivity index (χ1) is 7.20. The first-order valence-electron chi connectivity index (χ1n) is 5.44. The van der Waals surface area contributed by atoms with Gasteiger partial charge >= 0.3 is 0 Å². The lowest BCUT2D eigenvalue weighted by Gasteiger charge is -1.84. The normalized spacial score (nSPS) is 8.93. The van der Waals surface area contributed by atoms with E-state index in [2.05, 4.69) is 31.0 Å². The number of rotatable bonds is 0. The summed E-state index contributed by atoms with van der Waals surface area (Å²) in [5, 5.41) is 7.55. The fraction of sp³-hybridized carbons (Fsp3) is 0.500. The second-order valence-corrected chi connectivity index (χ2v) is 3.53. The third kappa shape index (κ3) is 5.83. The summed E-state index contributed by atoms with van der Waals surface area (Å²) in [7, 11) is 0. The molecule has 2 aromatic rings. The predicted molar refractivity (Wildman–Crippen MR) is 64.8 cm³/mol. The number of aromatic nitrogens is 3. The second kappa shape index (κ2) is 7.97. The molecule has 2 aromatic heterocycles. The average molecular weight is 207 g/mol. The zero-order valence-corrected chi connectivity index (χ0v) is 10.3. The minimum absolute atomic E-state index is 0.833. The fourth-order valence-electron chi connectivity index (χ4n) is 0.770. The first-order valence-corrected chi connectivity index (χ1v) is 5.44. The van der Waals surface area contributed by atoms with Crippen LogP contribution in [-0.4, -0.2) is 14.6 Å². The van der Waals surface area contributed by atoms with Crippen LogP contribution in [0.2, 0.25) is 0 Å². The molecule has 0 spiro atoms. The van der Waals surface area contributed by atoms with Gasteiger partial charge in [-0.05, 0) is 18.1 Å². The smallest absolute Gasteiger partial charge is 0.160 e. The Hall–Kier alpha value is -1.38. The molecule has 3 heteroatoms. The van der Waals surface area contributed by atoms with Crippen molar-refractivity contribution in [3.05, 3.63) is 30.7 Å². The molecule has 0 saturated carbocycles. The molecule has 0 aromatic carbocycles. The van der Waals surface area contributed by atoms with Gasteiger partial charge in [0.1, 0.15) is 6.33 Å². The summed E-state index contributed by atoms with van der Waals surface area (Å²) in [6, 6.07) is 5.79. The molecule has 0 aliphatic carbocycles. The van der Waals surface area contributed by atoms with Crippen LogP contribution in [0.4, 0.5) is 0 Å². The quantitative estimate of drug-likeness (QED) is 0.662. The molecule has 0 radical (unpaired) electrons. The topological polar surface area (TPSA) is 30.2 Å². The second-order valence-electron chi connectivity index (χ2n) is 3.53. The molecule has 0 saturated heterocycles. The molecule has 84 valence electrons. The van der Waals surface area contributed by atoms with Crippen molar-refractivity contribution in [2.75, 3.05) is 0 Å². The lowest BCUT2D eigenvalue weighted by Crippen LogP contribution is -1.77. The number of hydrogen-bond acceptors (Lipinski definition) is 2. The molecule has 0 aliphatic heterocycles.